The highest BCUT2D eigenvalue weighted by Crippen LogP contribution is 2.32. The molecule has 0 bridgehead atoms. The smallest absolute Gasteiger partial charge is 0.318 e. The Morgan fingerprint density at radius 3 is 2.73 bits per heavy atom. The molecule has 0 amide bonds. The number of fused-ring (bicyclic) bond motifs is 1. The van der Waals surface area contributed by atoms with Crippen LogP contribution in [-0.2, 0) is 19.7 Å². The fourth-order valence-corrected chi connectivity index (χ4v) is 3.53. The molecule has 0 aliphatic carbocycles. The van der Waals surface area contributed by atoms with Crippen LogP contribution in [0.1, 0.15) is 24.8 Å². The molecule has 6 nitrogen and oxygen atoms in total. The van der Waals surface area contributed by atoms with Gasteiger partial charge in [-0.25, -0.2) is 13.2 Å². The number of anilines is 1. The molecular formula is C15H16N2O4S. The Labute approximate surface area is 129 Å². The lowest BCUT2D eigenvalue weighted by atomic mass is 9.99. The average Bonchev–Trinajstić information content (AvgIpc) is 2.89. The Kier molecular flexibility index (Phi) is 3.74. The number of benzene rings is 1. The van der Waals surface area contributed by atoms with Gasteiger partial charge in [-0.2, -0.15) is 0 Å². The summed E-state index contributed by atoms with van der Waals surface area (Å²) >= 11 is 0. The van der Waals surface area contributed by atoms with Crippen molar-refractivity contribution in [3.05, 3.63) is 35.4 Å². The van der Waals surface area contributed by atoms with Gasteiger partial charge in [0.2, 0.25) is 10.0 Å². The number of hydrogen-bond acceptors (Lipinski definition) is 5. The predicted octanol–water partition coefficient (Wildman–Crippen LogP) is 1.93. The van der Waals surface area contributed by atoms with Gasteiger partial charge in [-0.05, 0) is 30.0 Å². The zero-order valence-electron chi connectivity index (χ0n) is 12.2. The van der Waals surface area contributed by atoms with Crippen molar-refractivity contribution in [3.8, 4) is 0 Å². The normalized spacial score (nSPS) is 17.7. The molecule has 0 saturated heterocycles. The van der Waals surface area contributed by atoms with Crippen molar-refractivity contribution < 1.29 is 18.0 Å². The Hall–Kier alpha value is -2.15. The number of rotatable bonds is 4. The van der Waals surface area contributed by atoms with E-state index in [1.165, 1.54) is 10.6 Å². The van der Waals surface area contributed by atoms with E-state index < -0.39 is 10.0 Å². The zero-order chi connectivity index (χ0) is 15.7. The standard InChI is InChI=1S/C15H16N2O4S/c1-22(19,20)17-10-11(6-7-13-9-15(18)21-16-13)8-12-4-2-3-5-14(12)17/h2-5,8H,6-7,9-10H2,1H3. The monoisotopic (exact) mass is 320 g/mol. The zero-order valence-corrected chi connectivity index (χ0v) is 13.0. The van der Waals surface area contributed by atoms with Crippen molar-refractivity contribution >= 4 is 33.5 Å². The summed E-state index contributed by atoms with van der Waals surface area (Å²) in [6.07, 6.45) is 4.68. The van der Waals surface area contributed by atoms with Crippen molar-refractivity contribution in [1.82, 2.24) is 0 Å². The van der Waals surface area contributed by atoms with Crippen LogP contribution >= 0.6 is 0 Å². The van der Waals surface area contributed by atoms with E-state index >= 15 is 0 Å². The van der Waals surface area contributed by atoms with Gasteiger partial charge in [-0.3, -0.25) is 4.31 Å². The molecule has 0 fully saturated rings. The summed E-state index contributed by atoms with van der Waals surface area (Å²) in [7, 11) is -3.33. The van der Waals surface area contributed by atoms with Crippen molar-refractivity contribution in [2.75, 3.05) is 17.1 Å². The fourth-order valence-electron chi connectivity index (χ4n) is 2.60. The van der Waals surface area contributed by atoms with Gasteiger partial charge < -0.3 is 4.84 Å². The van der Waals surface area contributed by atoms with E-state index in [1.807, 2.05) is 24.3 Å². The maximum Gasteiger partial charge on any atom is 0.340 e. The van der Waals surface area contributed by atoms with Crippen LogP contribution in [0.25, 0.3) is 6.08 Å². The molecule has 3 rings (SSSR count). The summed E-state index contributed by atoms with van der Waals surface area (Å²) in [5, 5.41) is 3.72. The lowest BCUT2D eigenvalue weighted by molar-refractivity contribution is -0.140. The van der Waals surface area contributed by atoms with Gasteiger partial charge in [0.15, 0.2) is 0 Å². The second kappa shape index (κ2) is 5.57. The van der Waals surface area contributed by atoms with Crippen LogP contribution in [0, 0.1) is 0 Å². The third-order valence-corrected chi connectivity index (χ3v) is 4.80. The summed E-state index contributed by atoms with van der Waals surface area (Å²) < 4.78 is 25.4. The van der Waals surface area contributed by atoms with Gasteiger partial charge in [0, 0.05) is 0 Å². The molecule has 1 aromatic rings. The molecule has 0 unspecified atom stereocenters. The molecular weight excluding hydrogens is 304 g/mol. The van der Waals surface area contributed by atoms with Crippen LogP contribution in [0.5, 0.6) is 0 Å². The van der Waals surface area contributed by atoms with Gasteiger partial charge in [0.05, 0.1) is 30.6 Å². The number of hydrogen-bond donors (Lipinski definition) is 0. The first kappa shape index (κ1) is 14.8. The topological polar surface area (TPSA) is 76.0 Å². The predicted molar refractivity (Wildman–Crippen MR) is 84.0 cm³/mol. The molecule has 7 heteroatoms. The number of carbonyl (C=O) groups excluding carboxylic acids is 1. The lowest BCUT2D eigenvalue weighted by Crippen LogP contribution is -2.34. The Bertz CT molecular complexity index is 780. The Morgan fingerprint density at radius 1 is 1.27 bits per heavy atom. The van der Waals surface area contributed by atoms with Crippen LogP contribution in [-0.4, -0.2) is 32.9 Å². The summed E-state index contributed by atoms with van der Waals surface area (Å²) in [6.45, 7) is 0.331. The van der Waals surface area contributed by atoms with E-state index in [1.54, 1.807) is 6.07 Å². The SMILES string of the molecule is CS(=O)(=O)N1CC(CCC2=NOC(=O)C2)=Cc2ccccc21. The first-order chi connectivity index (χ1) is 10.4. The summed E-state index contributed by atoms with van der Waals surface area (Å²) in [5.74, 6) is -0.337. The average molecular weight is 320 g/mol. The molecule has 22 heavy (non-hydrogen) atoms. The van der Waals surface area contributed by atoms with Crippen molar-refractivity contribution in [3.63, 3.8) is 0 Å². The number of sulfonamides is 1. The maximum absolute atomic E-state index is 12.0. The molecule has 116 valence electrons. The van der Waals surface area contributed by atoms with Crippen LogP contribution < -0.4 is 4.31 Å². The minimum Gasteiger partial charge on any atom is -0.318 e. The van der Waals surface area contributed by atoms with E-state index in [0.717, 1.165) is 11.1 Å². The largest absolute Gasteiger partial charge is 0.340 e. The van der Waals surface area contributed by atoms with E-state index in [-0.39, 0.29) is 12.4 Å². The third kappa shape index (κ3) is 3.04. The Morgan fingerprint density at radius 2 is 2.05 bits per heavy atom. The molecule has 0 N–H and O–H groups in total. The second-order valence-corrected chi connectivity index (χ2v) is 7.34. The van der Waals surface area contributed by atoms with Crippen LogP contribution in [0.15, 0.2) is 35.0 Å². The molecule has 2 aliphatic rings. The number of nitrogens with zero attached hydrogens (tertiary/aromatic N) is 2. The number of oxime groups is 1. The summed E-state index contributed by atoms with van der Waals surface area (Å²) in [5.41, 5.74) is 3.28. The molecule has 2 heterocycles. The molecule has 0 spiro atoms. The second-order valence-electron chi connectivity index (χ2n) is 5.43. The fraction of sp³-hybridized carbons (Fsp3) is 0.333. The van der Waals surface area contributed by atoms with Crippen molar-refractivity contribution in [2.45, 2.75) is 19.3 Å². The minimum atomic E-state index is -3.33. The van der Waals surface area contributed by atoms with Gasteiger partial charge in [0.1, 0.15) is 0 Å². The molecule has 0 atom stereocenters. The van der Waals surface area contributed by atoms with Crippen LogP contribution in [0.2, 0.25) is 0 Å². The van der Waals surface area contributed by atoms with Gasteiger partial charge >= 0.3 is 5.97 Å². The van der Waals surface area contributed by atoms with Gasteiger partial charge in [0.25, 0.3) is 0 Å². The van der Waals surface area contributed by atoms with E-state index in [0.29, 0.717) is 30.8 Å². The number of carbonyl (C=O) groups is 1. The molecule has 0 saturated carbocycles. The molecule has 0 aromatic heterocycles. The van der Waals surface area contributed by atoms with E-state index in [2.05, 4.69) is 9.99 Å². The first-order valence-corrected chi connectivity index (χ1v) is 8.80. The third-order valence-electron chi connectivity index (χ3n) is 3.67. The van der Waals surface area contributed by atoms with Crippen molar-refractivity contribution in [1.29, 1.82) is 0 Å². The van der Waals surface area contributed by atoms with Crippen molar-refractivity contribution in [2.24, 2.45) is 5.16 Å². The first-order valence-electron chi connectivity index (χ1n) is 6.95. The van der Waals surface area contributed by atoms with E-state index in [4.69, 9.17) is 0 Å². The highest BCUT2D eigenvalue weighted by Gasteiger charge is 2.25. The van der Waals surface area contributed by atoms with Gasteiger partial charge in [-0.1, -0.05) is 29.4 Å². The quantitative estimate of drug-likeness (QED) is 0.794. The lowest BCUT2D eigenvalue weighted by Gasteiger charge is -2.29. The maximum atomic E-state index is 12.0. The van der Waals surface area contributed by atoms with Crippen LogP contribution in [0.4, 0.5) is 5.69 Å². The number of para-hydroxylation sites is 1. The molecule has 0 radical (unpaired) electrons. The van der Waals surface area contributed by atoms with Crippen LogP contribution in [0.3, 0.4) is 0 Å². The highest BCUT2D eigenvalue weighted by atomic mass is 32.2. The summed E-state index contributed by atoms with van der Waals surface area (Å²) in [4.78, 5) is 15.6. The highest BCUT2D eigenvalue weighted by molar-refractivity contribution is 7.92. The van der Waals surface area contributed by atoms with Gasteiger partial charge in [-0.15, -0.1) is 0 Å². The molecule has 2 aliphatic heterocycles. The minimum absolute atomic E-state index is 0.222. The molecule has 1 aromatic carbocycles. The summed E-state index contributed by atoms with van der Waals surface area (Å²) in [6, 6.07) is 7.40. The van der Waals surface area contributed by atoms with E-state index in [9.17, 15) is 13.2 Å². The Balaban J connectivity index is 1.81.